The van der Waals surface area contributed by atoms with Crippen LogP contribution in [0.15, 0.2) is 42.0 Å². The van der Waals surface area contributed by atoms with E-state index in [0.29, 0.717) is 17.4 Å². The van der Waals surface area contributed by atoms with Gasteiger partial charge in [-0.1, -0.05) is 36.4 Å². The Kier molecular flexibility index (Phi) is 4.74. The summed E-state index contributed by atoms with van der Waals surface area (Å²) < 4.78 is 0. The summed E-state index contributed by atoms with van der Waals surface area (Å²) in [5.41, 5.74) is 7.31. The average molecular weight is 258 g/mol. The highest BCUT2D eigenvalue weighted by molar-refractivity contribution is 5.91. The van der Waals surface area contributed by atoms with Crippen LogP contribution in [0.1, 0.15) is 18.9 Å². The summed E-state index contributed by atoms with van der Waals surface area (Å²) in [4.78, 5) is 11.0. The molecule has 0 aromatic heterocycles. The van der Waals surface area contributed by atoms with E-state index >= 15 is 0 Å². The Balaban J connectivity index is 1.94. The molecule has 1 saturated heterocycles. The van der Waals surface area contributed by atoms with Gasteiger partial charge in [0.25, 0.3) is 0 Å². The van der Waals surface area contributed by atoms with Gasteiger partial charge in [0, 0.05) is 5.57 Å². The van der Waals surface area contributed by atoms with E-state index in [2.05, 4.69) is 29.6 Å². The monoisotopic (exact) mass is 258 g/mol. The number of amides is 1. The molecule has 3 heteroatoms. The minimum atomic E-state index is -0.314. The predicted molar refractivity (Wildman–Crippen MR) is 77.6 cm³/mol. The molecule has 3 nitrogen and oxygen atoms in total. The average Bonchev–Trinajstić information content (AvgIpc) is 2.84. The molecular weight excluding hydrogens is 236 g/mol. The van der Waals surface area contributed by atoms with E-state index in [1.165, 1.54) is 5.56 Å². The van der Waals surface area contributed by atoms with Crippen molar-refractivity contribution in [2.45, 2.75) is 19.8 Å². The highest BCUT2D eigenvalue weighted by Gasteiger charge is 2.26. The highest BCUT2D eigenvalue weighted by atomic mass is 16.1. The van der Waals surface area contributed by atoms with Gasteiger partial charge in [0.15, 0.2) is 0 Å². The lowest BCUT2D eigenvalue weighted by atomic mass is 9.87. The maximum atomic E-state index is 11.0. The third-order valence-electron chi connectivity index (χ3n) is 3.94. The van der Waals surface area contributed by atoms with Gasteiger partial charge in [0.2, 0.25) is 5.91 Å². The van der Waals surface area contributed by atoms with Crippen LogP contribution in [-0.2, 0) is 11.2 Å². The molecule has 0 aliphatic carbocycles. The number of primary amides is 1. The second kappa shape index (κ2) is 6.53. The Hall–Kier alpha value is -1.61. The standard InChI is InChI=1S/C16H22N2O/c1-12(16(17)19)7-8-14-10-18-11-15(14)9-13-5-3-2-4-6-13/h2-7,14-15,18H,8-11H2,1H3,(H2,17,19)/t14-,15-/m1/s1. The van der Waals surface area contributed by atoms with Crippen LogP contribution in [0.5, 0.6) is 0 Å². The number of rotatable bonds is 5. The second-order valence-electron chi connectivity index (χ2n) is 5.36. The van der Waals surface area contributed by atoms with Crippen LogP contribution in [0.25, 0.3) is 0 Å². The molecule has 2 atom stereocenters. The second-order valence-corrected chi connectivity index (χ2v) is 5.36. The zero-order valence-electron chi connectivity index (χ0n) is 11.4. The van der Waals surface area contributed by atoms with E-state index in [-0.39, 0.29) is 5.91 Å². The molecule has 2 rings (SSSR count). The molecule has 0 saturated carbocycles. The molecule has 1 aliphatic rings. The van der Waals surface area contributed by atoms with E-state index in [4.69, 9.17) is 5.73 Å². The van der Waals surface area contributed by atoms with Gasteiger partial charge in [-0.2, -0.15) is 0 Å². The zero-order chi connectivity index (χ0) is 13.7. The molecule has 0 bridgehead atoms. The fraction of sp³-hybridized carbons (Fsp3) is 0.438. The lowest BCUT2D eigenvalue weighted by molar-refractivity contribution is -0.114. The van der Waals surface area contributed by atoms with Crippen molar-refractivity contribution < 1.29 is 4.79 Å². The Morgan fingerprint density at radius 1 is 1.32 bits per heavy atom. The maximum Gasteiger partial charge on any atom is 0.244 e. The summed E-state index contributed by atoms with van der Waals surface area (Å²) in [5.74, 6) is 0.916. The van der Waals surface area contributed by atoms with E-state index in [1.807, 2.05) is 12.1 Å². The van der Waals surface area contributed by atoms with E-state index in [0.717, 1.165) is 25.9 Å². The van der Waals surface area contributed by atoms with Crippen molar-refractivity contribution >= 4 is 5.91 Å². The number of benzene rings is 1. The van der Waals surface area contributed by atoms with Gasteiger partial charge < -0.3 is 11.1 Å². The van der Waals surface area contributed by atoms with Crippen LogP contribution in [0.2, 0.25) is 0 Å². The highest BCUT2D eigenvalue weighted by Crippen LogP contribution is 2.25. The first-order chi connectivity index (χ1) is 9.16. The minimum Gasteiger partial charge on any atom is -0.366 e. The number of hydrogen-bond acceptors (Lipinski definition) is 2. The van der Waals surface area contributed by atoms with E-state index in [9.17, 15) is 4.79 Å². The Bertz CT molecular complexity index is 453. The predicted octanol–water partition coefficient (Wildman–Crippen LogP) is 1.89. The normalized spacial score (nSPS) is 23.5. The van der Waals surface area contributed by atoms with Crippen molar-refractivity contribution in [1.29, 1.82) is 0 Å². The van der Waals surface area contributed by atoms with Crippen LogP contribution in [0.4, 0.5) is 0 Å². The molecule has 0 radical (unpaired) electrons. The van der Waals surface area contributed by atoms with Crippen LogP contribution in [0, 0.1) is 11.8 Å². The third kappa shape index (κ3) is 3.93. The molecule has 0 unspecified atom stereocenters. The van der Waals surface area contributed by atoms with E-state index < -0.39 is 0 Å². The number of carbonyl (C=O) groups is 1. The lowest BCUT2D eigenvalue weighted by Gasteiger charge is -2.17. The fourth-order valence-corrected chi connectivity index (χ4v) is 2.65. The first-order valence-corrected chi connectivity index (χ1v) is 6.88. The van der Waals surface area contributed by atoms with Crippen LogP contribution in [0.3, 0.4) is 0 Å². The van der Waals surface area contributed by atoms with Crippen molar-refractivity contribution in [3.05, 3.63) is 47.5 Å². The molecule has 1 fully saturated rings. The quantitative estimate of drug-likeness (QED) is 0.792. The number of carbonyl (C=O) groups excluding carboxylic acids is 1. The van der Waals surface area contributed by atoms with Gasteiger partial charge in [-0.25, -0.2) is 0 Å². The van der Waals surface area contributed by atoms with Crippen LogP contribution < -0.4 is 11.1 Å². The van der Waals surface area contributed by atoms with Crippen LogP contribution >= 0.6 is 0 Å². The molecule has 19 heavy (non-hydrogen) atoms. The third-order valence-corrected chi connectivity index (χ3v) is 3.94. The van der Waals surface area contributed by atoms with Crippen LogP contribution in [-0.4, -0.2) is 19.0 Å². The van der Waals surface area contributed by atoms with E-state index in [1.54, 1.807) is 6.92 Å². The minimum absolute atomic E-state index is 0.314. The first-order valence-electron chi connectivity index (χ1n) is 6.88. The fourth-order valence-electron chi connectivity index (χ4n) is 2.65. The summed E-state index contributed by atoms with van der Waals surface area (Å²) in [7, 11) is 0. The first kappa shape index (κ1) is 13.8. The van der Waals surface area contributed by atoms with Gasteiger partial charge in [-0.15, -0.1) is 0 Å². The molecular formula is C16H22N2O. The van der Waals surface area contributed by atoms with Gasteiger partial charge in [0.05, 0.1) is 0 Å². The number of nitrogens with one attached hydrogen (secondary N) is 1. The van der Waals surface area contributed by atoms with Gasteiger partial charge in [-0.05, 0) is 50.3 Å². The zero-order valence-corrected chi connectivity index (χ0v) is 11.4. The van der Waals surface area contributed by atoms with Crippen molar-refractivity contribution in [3.8, 4) is 0 Å². The smallest absolute Gasteiger partial charge is 0.244 e. The SMILES string of the molecule is CC(=CC[C@@H]1CNC[C@H]1Cc1ccccc1)C(N)=O. The molecule has 1 amide bonds. The van der Waals surface area contributed by atoms with Crippen molar-refractivity contribution in [2.75, 3.05) is 13.1 Å². The number of hydrogen-bond donors (Lipinski definition) is 2. The van der Waals surface area contributed by atoms with Gasteiger partial charge >= 0.3 is 0 Å². The molecule has 102 valence electrons. The summed E-state index contributed by atoms with van der Waals surface area (Å²) in [6.07, 6.45) is 4.01. The number of nitrogens with two attached hydrogens (primary N) is 1. The topological polar surface area (TPSA) is 55.1 Å². The molecule has 1 aromatic rings. The molecule has 0 spiro atoms. The lowest BCUT2D eigenvalue weighted by Crippen LogP contribution is -2.16. The van der Waals surface area contributed by atoms with Gasteiger partial charge in [-0.3, -0.25) is 4.79 Å². The molecule has 3 N–H and O–H groups in total. The van der Waals surface area contributed by atoms with Crippen molar-refractivity contribution in [1.82, 2.24) is 5.32 Å². The number of allylic oxidation sites excluding steroid dienone is 1. The summed E-state index contributed by atoms with van der Waals surface area (Å²) in [6, 6.07) is 10.6. The molecule has 1 aliphatic heterocycles. The summed E-state index contributed by atoms with van der Waals surface area (Å²) in [6.45, 7) is 3.87. The molecule has 1 heterocycles. The summed E-state index contributed by atoms with van der Waals surface area (Å²) in [5, 5.41) is 3.45. The van der Waals surface area contributed by atoms with Crippen molar-refractivity contribution in [2.24, 2.45) is 17.6 Å². The largest absolute Gasteiger partial charge is 0.366 e. The molecule has 1 aromatic carbocycles. The Morgan fingerprint density at radius 2 is 2.00 bits per heavy atom. The van der Waals surface area contributed by atoms with Crippen molar-refractivity contribution in [3.63, 3.8) is 0 Å². The van der Waals surface area contributed by atoms with Gasteiger partial charge in [0.1, 0.15) is 0 Å². The maximum absolute atomic E-state index is 11.0. The summed E-state index contributed by atoms with van der Waals surface area (Å²) >= 11 is 0. The Morgan fingerprint density at radius 3 is 2.68 bits per heavy atom. The Labute approximate surface area is 114 Å².